The molecule has 1 heterocycles. The maximum atomic E-state index is 13.5. The first kappa shape index (κ1) is 11.9. The van der Waals surface area contributed by atoms with Crippen LogP contribution in [0.25, 0.3) is 0 Å². The maximum absolute atomic E-state index is 13.5. The van der Waals surface area contributed by atoms with E-state index in [9.17, 15) is 9.18 Å². The van der Waals surface area contributed by atoms with Gasteiger partial charge >= 0.3 is 0 Å². The van der Waals surface area contributed by atoms with Crippen molar-refractivity contribution in [1.82, 2.24) is 10.7 Å². The van der Waals surface area contributed by atoms with Crippen LogP contribution in [-0.4, -0.2) is 18.2 Å². The van der Waals surface area contributed by atoms with Gasteiger partial charge in [0.2, 0.25) is 5.91 Å². The van der Waals surface area contributed by atoms with Crippen molar-refractivity contribution in [2.24, 2.45) is 5.10 Å². The normalized spacial score (nSPS) is 17.9. The highest BCUT2D eigenvalue weighted by molar-refractivity contribution is 6.30. The number of amides is 1. The van der Waals surface area contributed by atoms with Crippen molar-refractivity contribution in [1.29, 1.82) is 0 Å². The number of rotatable bonds is 3. The van der Waals surface area contributed by atoms with Crippen LogP contribution in [0, 0.1) is 5.82 Å². The zero-order chi connectivity index (χ0) is 12.3. The minimum absolute atomic E-state index is 0.0547. The third kappa shape index (κ3) is 2.74. The fourth-order valence-corrected chi connectivity index (χ4v) is 1.70. The Bertz CT molecular complexity index is 456. The number of carbonyl (C=O) groups is 1. The van der Waals surface area contributed by atoms with Crippen LogP contribution in [-0.2, 0) is 11.3 Å². The molecule has 1 amide bonds. The first-order valence-corrected chi connectivity index (χ1v) is 5.54. The molecule has 0 fully saturated rings. The van der Waals surface area contributed by atoms with Gasteiger partial charge < -0.3 is 5.32 Å². The van der Waals surface area contributed by atoms with Gasteiger partial charge in [-0.05, 0) is 6.07 Å². The number of benzene rings is 1. The topological polar surface area (TPSA) is 53.5 Å². The summed E-state index contributed by atoms with van der Waals surface area (Å²) in [5.41, 5.74) is 3.02. The molecular weight excluding hydrogens is 245 g/mol. The van der Waals surface area contributed by atoms with E-state index >= 15 is 0 Å². The number of halogens is 2. The molecule has 17 heavy (non-hydrogen) atoms. The van der Waals surface area contributed by atoms with Crippen molar-refractivity contribution in [3.05, 3.63) is 34.6 Å². The first-order valence-electron chi connectivity index (χ1n) is 5.16. The van der Waals surface area contributed by atoms with Gasteiger partial charge in [-0.2, -0.15) is 5.10 Å². The molecule has 0 saturated heterocycles. The van der Waals surface area contributed by atoms with Gasteiger partial charge in [-0.3, -0.25) is 10.2 Å². The first-order chi connectivity index (χ1) is 8.18. The van der Waals surface area contributed by atoms with E-state index < -0.39 is 5.82 Å². The second-order valence-electron chi connectivity index (χ2n) is 3.66. The predicted octanol–water partition coefficient (Wildman–Crippen LogP) is 1.44. The summed E-state index contributed by atoms with van der Waals surface area (Å²) >= 11 is 5.64. The molecule has 2 N–H and O–H groups in total. The lowest BCUT2D eigenvalue weighted by Crippen LogP contribution is -2.39. The fourth-order valence-electron chi connectivity index (χ4n) is 1.51. The number of hydrazone groups is 1. The van der Waals surface area contributed by atoms with Crippen molar-refractivity contribution in [3.63, 3.8) is 0 Å². The van der Waals surface area contributed by atoms with E-state index in [1.165, 1.54) is 6.07 Å². The Morgan fingerprint density at radius 3 is 3.18 bits per heavy atom. The smallest absolute Gasteiger partial charge is 0.244 e. The summed E-state index contributed by atoms with van der Waals surface area (Å²) in [6.07, 6.45) is 2.17. The lowest BCUT2D eigenvalue weighted by Gasteiger charge is -2.11. The van der Waals surface area contributed by atoms with Crippen LogP contribution in [0.15, 0.2) is 23.3 Å². The summed E-state index contributed by atoms with van der Waals surface area (Å²) in [4.78, 5) is 11.6. The van der Waals surface area contributed by atoms with Crippen molar-refractivity contribution >= 4 is 23.7 Å². The molecule has 0 bridgehead atoms. The molecule has 0 aromatic heterocycles. The van der Waals surface area contributed by atoms with Gasteiger partial charge in [0, 0.05) is 24.7 Å². The van der Waals surface area contributed by atoms with Gasteiger partial charge in [-0.25, -0.2) is 4.39 Å². The summed E-state index contributed by atoms with van der Waals surface area (Å²) < 4.78 is 13.5. The maximum Gasteiger partial charge on any atom is 0.244 e. The molecule has 0 spiro atoms. The Hall–Kier alpha value is -1.62. The molecule has 6 heteroatoms. The highest BCUT2D eigenvalue weighted by atomic mass is 35.5. The van der Waals surface area contributed by atoms with Crippen molar-refractivity contribution in [2.45, 2.75) is 19.0 Å². The molecule has 90 valence electrons. The molecule has 0 aliphatic carbocycles. The van der Waals surface area contributed by atoms with Gasteiger partial charge in [0.1, 0.15) is 11.9 Å². The summed E-state index contributed by atoms with van der Waals surface area (Å²) in [5.74, 6) is -0.702. The molecule has 0 radical (unpaired) electrons. The zero-order valence-electron chi connectivity index (χ0n) is 8.91. The summed E-state index contributed by atoms with van der Waals surface area (Å²) in [7, 11) is 0. The van der Waals surface area contributed by atoms with E-state index in [-0.39, 0.29) is 23.5 Å². The monoisotopic (exact) mass is 255 g/mol. The van der Waals surface area contributed by atoms with Gasteiger partial charge in [0.05, 0.1) is 5.02 Å². The van der Waals surface area contributed by atoms with Crippen LogP contribution in [0.1, 0.15) is 12.0 Å². The number of nitrogens with zero attached hydrogens (tertiary/aromatic N) is 1. The van der Waals surface area contributed by atoms with Crippen molar-refractivity contribution in [3.8, 4) is 0 Å². The van der Waals surface area contributed by atoms with Crippen molar-refractivity contribution in [2.75, 3.05) is 0 Å². The standard InChI is InChI=1S/C11H11ClFN3O/c12-8-3-1-2-7(10(8)13)6-14-11(17)9-4-5-15-16-9/h1-3,5,9,16H,4,6H2,(H,14,17). The molecule has 2 rings (SSSR count). The Labute approximate surface area is 103 Å². The molecule has 1 aromatic carbocycles. The second kappa shape index (κ2) is 5.14. The van der Waals surface area contributed by atoms with E-state index in [2.05, 4.69) is 15.8 Å². The molecule has 1 unspecified atom stereocenters. The highest BCUT2D eigenvalue weighted by Crippen LogP contribution is 2.17. The fraction of sp³-hybridized carbons (Fsp3) is 0.273. The molecule has 4 nitrogen and oxygen atoms in total. The van der Waals surface area contributed by atoms with Crippen LogP contribution in [0.4, 0.5) is 4.39 Å². The van der Waals surface area contributed by atoms with E-state index in [1.54, 1.807) is 18.3 Å². The number of carbonyl (C=O) groups excluding carboxylic acids is 1. The van der Waals surface area contributed by atoms with Gasteiger partial charge in [0.15, 0.2) is 0 Å². The molecular formula is C11H11ClFN3O. The molecule has 1 aliphatic rings. The Morgan fingerprint density at radius 2 is 2.47 bits per heavy atom. The number of hydrogen-bond acceptors (Lipinski definition) is 3. The van der Waals surface area contributed by atoms with E-state index in [0.29, 0.717) is 12.0 Å². The Balaban J connectivity index is 1.93. The summed E-state index contributed by atoms with van der Waals surface area (Å²) in [6.45, 7) is 0.114. The third-order valence-corrected chi connectivity index (χ3v) is 2.76. The van der Waals surface area contributed by atoms with Crippen LogP contribution < -0.4 is 10.7 Å². The Morgan fingerprint density at radius 1 is 1.65 bits per heavy atom. The number of hydrogen-bond donors (Lipinski definition) is 2. The predicted molar refractivity (Wildman–Crippen MR) is 63.3 cm³/mol. The minimum Gasteiger partial charge on any atom is -0.350 e. The van der Waals surface area contributed by atoms with Crippen LogP contribution in [0.5, 0.6) is 0 Å². The second-order valence-corrected chi connectivity index (χ2v) is 4.07. The van der Waals surface area contributed by atoms with Gasteiger partial charge in [0.25, 0.3) is 0 Å². The quantitative estimate of drug-likeness (QED) is 0.859. The van der Waals surface area contributed by atoms with Crippen LogP contribution >= 0.6 is 11.6 Å². The average Bonchev–Trinajstić information content (AvgIpc) is 2.84. The highest BCUT2D eigenvalue weighted by Gasteiger charge is 2.19. The minimum atomic E-state index is -0.495. The SMILES string of the molecule is O=C(NCc1cccc(Cl)c1F)C1CC=NN1. The summed E-state index contributed by atoms with van der Waals surface area (Å²) in [5, 5.41) is 6.43. The average molecular weight is 256 g/mol. The summed E-state index contributed by atoms with van der Waals surface area (Å²) in [6, 6.07) is 4.33. The lowest BCUT2D eigenvalue weighted by molar-refractivity contribution is -0.122. The van der Waals surface area contributed by atoms with E-state index in [0.717, 1.165) is 0 Å². The third-order valence-electron chi connectivity index (χ3n) is 2.46. The van der Waals surface area contributed by atoms with E-state index in [4.69, 9.17) is 11.6 Å². The lowest BCUT2D eigenvalue weighted by atomic mass is 10.2. The van der Waals surface area contributed by atoms with Gasteiger partial charge in [-0.1, -0.05) is 23.7 Å². The van der Waals surface area contributed by atoms with E-state index in [1.807, 2.05) is 0 Å². The molecule has 1 aliphatic heterocycles. The van der Waals surface area contributed by atoms with Crippen LogP contribution in [0.2, 0.25) is 5.02 Å². The molecule has 1 atom stereocenters. The van der Waals surface area contributed by atoms with Crippen molar-refractivity contribution < 1.29 is 9.18 Å². The number of nitrogens with one attached hydrogen (secondary N) is 2. The molecule has 0 saturated carbocycles. The molecule has 1 aromatic rings. The zero-order valence-corrected chi connectivity index (χ0v) is 9.67. The Kier molecular flexibility index (Phi) is 3.58. The van der Waals surface area contributed by atoms with Gasteiger partial charge in [-0.15, -0.1) is 0 Å². The van der Waals surface area contributed by atoms with Crippen LogP contribution in [0.3, 0.4) is 0 Å². The largest absolute Gasteiger partial charge is 0.350 e.